The minimum Gasteiger partial charge on any atom is -0.468 e. The van der Waals surface area contributed by atoms with Crippen LogP contribution in [0.1, 0.15) is 37.5 Å². The van der Waals surface area contributed by atoms with Crippen LogP contribution in [0.15, 0.2) is 35.0 Å². The van der Waals surface area contributed by atoms with Crippen molar-refractivity contribution in [1.29, 1.82) is 0 Å². The largest absolute Gasteiger partial charge is 0.468 e. The Kier molecular flexibility index (Phi) is 4.78. The molecular weight excluding hydrogens is 370 g/mol. The SMILES string of the molecule is O=C(CN1C(=O)[C@@H]2[C@H](C1=O)[C@H]1C=C[C@H]2C1)NC[C@H](c1ccco1)N1CCCCC1. The fraction of sp³-hybridized carbons (Fsp3) is 0.591. The molecule has 4 aliphatic rings. The number of furan rings is 1. The van der Waals surface area contributed by atoms with E-state index in [1.165, 1.54) is 11.3 Å². The maximum Gasteiger partial charge on any atom is 0.240 e. The second-order valence-electron chi connectivity index (χ2n) is 8.69. The topological polar surface area (TPSA) is 82.9 Å². The smallest absolute Gasteiger partial charge is 0.240 e. The quantitative estimate of drug-likeness (QED) is 0.584. The van der Waals surface area contributed by atoms with Crippen LogP contribution in [0.2, 0.25) is 0 Å². The molecule has 29 heavy (non-hydrogen) atoms. The van der Waals surface area contributed by atoms with Gasteiger partial charge in [0.15, 0.2) is 0 Å². The van der Waals surface area contributed by atoms with Crippen molar-refractivity contribution < 1.29 is 18.8 Å². The first kappa shape index (κ1) is 18.6. The number of nitrogens with zero attached hydrogens (tertiary/aromatic N) is 2. The van der Waals surface area contributed by atoms with Crippen molar-refractivity contribution in [3.63, 3.8) is 0 Å². The predicted molar refractivity (Wildman–Crippen MR) is 104 cm³/mol. The van der Waals surface area contributed by atoms with Gasteiger partial charge in [0.05, 0.1) is 24.1 Å². The lowest BCUT2D eigenvalue weighted by atomic mass is 9.85. The third-order valence-electron chi connectivity index (χ3n) is 7.06. The number of allylic oxidation sites excluding steroid dienone is 2. The molecule has 154 valence electrons. The molecule has 1 aromatic heterocycles. The Morgan fingerprint density at radius 1 is 1.10 bits per heavy atom. The van der Waals surface area contributed by atoms with Crippen LogP contribution in [0.25, 0.3) is 0 Å². The zero-order valence-corrected chi connectivity index (χ0v) is 16.5. The third-order valence-corrected chi connectivity index (χ3v) is 7.06. The third kappa shape index (κ3) is 3.21. The summed E-state index contributed by atoms with van der Waals surface area (Å²) in [4.78, 5) is 41.7. The summed E-state index contributed by atoms with van der Waals surface area (Å²) in [6, 6.07) is 3.76. The van der Waals surface area contributed by atoms with Gasteiger partial charge in [0.25, 0.3) is 0 Å². The number of imide groups is 1. The van der Waals surface area contributed by atoms with Crippen molar-refractivity contribution in [2.24, 2.45) is 23.7 Å². The summed E-state index contributed by atoms with van der Waals surface area (Å²) in [5.41, 5.74) is 0. The van der Waals surface area contributed by atoms with Crippen molar-refractivity contribution in [1.82, 2.24) is 15.1 Å². The van der Waals surface area contributed by atoms with E-state index in [2.05, 4.69) is 22.4 Å². The van der Waals surface area contributed by atoms with Gasteiger partial charge in [-0.05, 0) is 56.3 Å². The molecule has 7 heteroatoms. The molecule has 1 N–H and O–H groups in total. The van der Waals surface area contributed by atoms with Crippen LogP contribution >= 0.6 is 0 Å². The number of carbonyl (C=O) groups is 3. The second-order valence-corrected chi connectivity index (χ2v) is 8.69. The summed E-state index contributed by atoms with van der Waals surface area (Å²) in [6.07, 6.45) is 10.2. The van der Waals surface area contributed by atoms with Gasteiger partial charge in [0, 0.05) is 6.54 Å². The average molecular weight is 397 g/mol. The Bertz CT molecular complexity index is 797. The molecule has 7 nitrogen and oxygen atoms in total. The van der Waals surface area contributed by atoms with Gasteiger partial charge in [-0.25, -0.2) is 0 Å². The number of fused-ring (bicyclic) bond motifs is 5. The standard InChI is InChI=1S/C22H27N3O4/c26-18(13-25-21(27)19-14-6-7-15(11-14)20(19)22(25)28)23-12-16(17-5-4-10-29-17)24-8-2-1-3-9-24/h4-7,10,14-16,19-20H,1-3,8-9,11-13H2,(H,23,26)/t14-,15-,16+,19-,20+/m0/s1. The first-order valence-electron chi connectivity index (χ1n) is 10.7. The molecular formula is C22H27N3O4. The summed E-state index contributed by atoms with van der Waals surface area (Å²) in [6.45, 7) is 2.17. The van der Waals surface area contributed by atoms with E-state index in [4.69, 9.17) is 4.42 Å². The Hall–Kier alpha value is -2.41. The molecule has 3 fully saturated rings. The van der Waals surface area contributed by atoms with Gasteiger partial charge in [-0.15, -0.1) is 0 Å². The fourth-order valence-corrected chi connectivity index (χ4v) is 5.65. The van der Waals surface area contributed by atoms with Crippen LogP contribution in [0.4, 0.5) is 0 Å². The monoisotopic (exact) mass is 397 g/mol. The molecule has 5 atom stereocenters. The molecule has 2 saturated heterocycles. The Balaban J connectivity index is 1.21. The Morgan fingerprint density at radius 3 is 2.41 bits per heavy atom. The molecule has 1 aromatic rings. The highest BCUT2D eigenvalue weighted by Crippen LogP contribution is 2.52. The van der Waals surface area contributed by atoms with E-state index in [0.29, 0.717) is 6.54 Å². The molecule has 0 unspecified atom stereocenters. The molecule has 3 amide bonds. The molecule has 0 aromatic carbocycles. The van der Waals surface area contributed by atoms with E-state index in [1.54, 1.807) is 6.26 Å². The maximum atomic E-state index is 12.8. The predicted octanol–water partition coefficient (Wildman–Crippen LogP) is 1.73. The zero-order valence-electron chi connectivity index (χ0n) is 16.5. The second kappa shape index (κ2) is 7.44. The van der Waals surface area contributed by atoms with Crippen molar-refractivity contribution >= 4 is 17.7 Å². The van der Waals surface area contributed by atoms with E-state index < -0.39 is 0 Å². The average Bonchev–Trinajstić information content (AvgIpc) is 3.51. The summed E-state index contributed by atoms with van der Waals surface area (Å²) < 4.78 is 5.61. The van der Waals surface area contributed by atoms with Crippen LogP contribution in [0.3, 0.4) is 0 Å². The minimum atomic E-state index is -0.291. The van der Waals surface area contributed by atoms with E-state index in [-0.39, 0.29) is 54.0 Å². The normalized spacial score (nSPS) is 32.1. The highest BCUT2D eigenvalue weighted by atomic mass is 16.3. The van der Waals surface area contributed by atoms with Crippen LogP contribution in [0.5, 0.6) is 0 Å². The number of nitrogens with one attached hydrogen (secondary N) is 1. The molecule has 0 radical (unpaired) electrons. The van der Waals surface area contributed by atoms with Crippen molar-refractivity contribution in [2.75, 3.05) is 26.2 Å². The van der Waals surface area contributed by atoms with Crippen molar-refractivity contribution in [3.05, 3.63) is 36.3 Å². The summed E-state index contributed by atoms with van der Waals surface area (Å²) in [5.74, 6) is 0.00686. The number of hydrogen-bond acceptors (Lipinski definition) is 5. The lowest BCUT2D eigenvalue weighted by molar-refractivity contribution is -0.144. The van der Waals surface area contributed by atoms with E-state index in [0.717, 1.165) is 38.1 Å². The molecule has 2 aliphatic carbocycles. The highest BCUT2D eigenvalue weighted by Gasteiger charge is 2.59. The van der Waals surface area contributed by atoms with Gasteiger partial charge in [-0.3, -0.25) is 24.2 Å². The lowest BCUT2D eigenvalue weighted by Crippen LogP contribution is -2.45. The molecule has 2 bridgehead atoms. The number of amides is 3. The first-order chi connectivity index (χ1) is 14.1. The molecule has 0 spiro atoms. The van der Waals surface area contributed by atoms with Crippen molar-refractivity contribution in [3.8, 4) is 0 Å². The van der Waals surface area contributed by atoms with Gasteiger partial charge < -0.3 is 9.73 Å². The van der Waals surface area contributed by atoms with Crippen LogP contribution in [-0.4, -0.2) is 53.7 Å². The number of likely N-dealkylation sites (tertiary alicyclic amines) is 2. The summed E-state index contributed by atoms with van der Waals surface area (Å²) in [7, 11) is 0. The maximum absolute atomic E-state index is 12.8. The fourth-order valence-electron chi connectivity index (χ4n) is 5.65. The van der Waals surface area contributed by atoms with Gasteiger partial charge in [0.2, 0.25) is 17.7 Å². The number of carbonyl (C=O) groups excluding carboxylic acids is 3. The zero-order chi connectivity index (χ0) is 20.0. The number of rotatable bonds is 6. The minimum absolute atomic E-state index is 0.0290. The molecule has 5 rings (SSSR count). The number of hydrogen-bond donors (Lipinski definition) is 1. The van der Waals surface area contributed by atoms with E-state index >= 15 is 0 Å². The summed E-state index contributed by atoms with van der Waals surface area (Å²) in [5, 5.41) is 2.94. The molecule has 1 saturated carbocycles. The lowest BCUT2D eigenvalue weighted by Gasteiger charge is -2.33. The van der Waals surface area contributed by atoms with E-state index in [1.807, 2.05) is 12.1 Å². The van der Waals surface area contributed by atoms with Crippen LogP contribution in [-0.2, 0) is 14.4 Å². The van der Waals surface area contributed by atoms with Crippen molar-refractivity contribution in [2.45, 2.75) is 31.7 Å². The van der Waals surface area contributed by atoms with Gasteiger partial charge in [-0.2, -0.15) is 0 Å². The molecule has 3 heterocycles. The van der Waals surface area contributed by atoms with E-state index in [9.17, 15) is 14.4 Å². The van der Waals surface area contributed by atoms with Gasteiger partial charge in [0.1, 0.15) is 12.3 Å². The highest BCUT2D eigenvalue weighted by molar-refractivity contribution is 6.08. The van der Waals surface area contributed by atoms with Gasteiger partial charge >= 0.3 is 0 Å². The first-order valence-corrected chi connectivity index (χ1v) is 10.7. The van der Waals surface area contributed by atoms with Crippen LogP contribution < -0.4 is 5.32 Å². The molecule has 2 aliphatic heterocycles. The van der Waals surface area contributed by atoms with Crippen LogP contribution in [0, 0.1) is 23.7 Å². The Morgan fingerprint density at radius 2 is 1.79 bits per heavy atom. The van der Waals surface area contributed by atoms with Gasteiger partial charge in [-0.1, -0.05) is 18.6 Å². The summed E-state index contributed by atoms with van der Waals surface area (Å²) >= 11 is 0. The Labute approximate surface area is 170 Å². The number of piperidine rings is 1.